The van der Waals surface area contributed by atoms with Crippen molar-refractivity contribution in [3.05, 3.63) is 21.9 Å². The lowest BCUT2D eigenvalue weighted by molar-refractivity contribution is 0.454. The largest absolute Gasteiger partial charge is 0.313 e. The molecule has 1 aromatic heterocycles. The number of hydrogen-bond acceptors (Lipinski definition) is 2. The maximum Gasteiger partial charge on any atom is 0.00928 e. The van der Waals surface area contributed by atoms with Crippen LogP contribution in [-0.2, 0) is 6.42 Å². The topological polar surface area (TPSA) is 12.0 Å². The molecule has 1 N–H and O–H groups in total. The zero-order valence-electron chi connectivity index (χ0n) is 9.75. The normalized spacial score (nSPS) is 18.0. The number of aryl methyl sites for hydroxylation is 1. The molecule has 2 heteroatoms. The van der Waals surface area contributed by atoms with Crippen molar-refractivity contribution in [1.29, 1.82) is 0 Å². The van der Waals surface area contributed by atoms with Crippen LogP contribution in [0.1, 0.15) is 36.6 Å². The first-order valence-corrected chi connectivity index (χ1v) is 6.95. The smallest absolute Gasteiger partial charge is 0.00928 e. The molecule has 0 radical (unpaired) electrons. The Balaban J connectivity index is 1.72. The monoisotopic (exact) mass is 223 g/mol. The molecule has 15 heavy (non-hydrogen) atoms. The van der Waals surface area contributed by atoms with Gasteiger partial charge in [0.05, 0.1) is 0 Å². The Kier molecular flexibility index (Phi) is 3.81. The molecule has 1 saturated carbocycles. The van der Waals surface area contributed by atoms with Crippen molar-refractivity contribution in [3.63, 3.8) is 0 Å². The van der Waals surface area contributed by atoms with Crippen molar-refractivity contribution in [3.8, 4) is 0 Å². The molecule has 0 aliphatic heterocycles. The van der Waals surface area contributed by atoms with Gasteiger partial charge in [-0.1, -0.05) is 6.92 Å². The third-order valence-corrected chi connectivity index (χ3v) is 4.44. The summed E-state index contributed by atoms with van der Waals surface area (Å²) < 4.78 is 0. The molecule has 0 amide bonds. The van der Waals surface area contributed by atoms with E-state index < -0.39 is 0 Å². The van der Waals surface area contributed by atoms with Crippen LogP contribution < -0.4 is 5.32 Å². The lowest BCUT2D eigenvalue weighted by Crippen LogP contribution is -2.32. The van der Waals surface area contributed by atoms with Gasteiger partial charge in [0, 0.05) is 17.5 Å². The van der Waals surface area contributed by atoms with Crippen molar-refractivity contribution in [2.45, 2.75) is 45.6 Å². The third-order valence-electron chi connectivity index (χ3n) is 3.36. The van der Waals surface area contributed by atoms with Crippen LogP contribution in [0.3, 0.4) is 0 Å². The van der Waals surface area contributed by atoms with Crippen LogP contribution in [0.15, 0.2) is 11.4 Å². The van der Waals surface area contributed by atoms with E-state index in [0.29, 0.717) is 0 Å². The average Bonchev–Trinajstić information content (AvgIpc) is 2.99. The first-order valence-electron chi connectivity index (χ1n) is 6.07. The molecular formula is C13H21NS. The van der Waals surface area contributed by atoms with Crippen LogP contribution in [0.5, 0.6) is 0 Å². The molecule has 1 nitrogen and oxygen atoms in total. The maximum absolute atomic E-state index is 3.70. The molecular weight excluding hydrogens is 202 g/mol. The zero-order valence-corrected chi connectivity index (χ0v) is 10.6. The molecule has 0 saturated heterocycles. The van der Waals surface area contributed by atoms with Gasteiger partial charge in [-0.15, -0.1) is 11.3 Å². The summed E-state index contributed by atoms with van der Waals surface area (Å²) in [7, 11) is 0. The lowest BCUT2D eigenvalue weighted by atomic mass is 10.1. The van der Waals surface area contributed by atoms with Crippen LogP contribution in [-0.4, -0.2) is 12.6 Å². The number of thiophene rings is 1. The fourth-order valence-corrected chi connectivity index (χ4v) is 3.08. The van der Waals surface area contributed by atoms with E-state index in [-0.39, 0.29) is 0 Å². The standard InChI is InChI=1S/C13H21NS/c1-3-12(11-4-5-11)14-8-6-13-10(2)7-9-15-13/h7,9,11-12,14H,3-6,8H2,1-2H3. The summed E-state index contributed by atoms with van der Waals surface area (Å²) >= 11 is 1.89. The molecule has 1 aromatic rings. The molecule has 1 aliphatic carbocycles. The van der Waals surface area contributed by atoms with E-state index in [4.69, 9.17) is 0 Å². The maximum atomic E-state index is 3.70. The molecule has 1 atom stereocenters. The number of rotatable bonds is 6. The Hall–Kier alpha value is -0.340. The van der Waals surface area contributed by atoms with E-state index in [1.807, 2.05) is 11.3 Å². The lowest BCUT2D eigenvalue weighted by Gasteiger charge is -2.15. The highest BCUT2D eigenvalue weighted by atomic mass is 32.1. The Bertz CT molecular complexity index is 301. The highest BCUT2D eigenvalue weighted by Gasteiger charge is 2.29. The summed E-state index contributed by atoms with van der Waals surface area (Å²) in [5.41, 5.74) is 1.46. The second-order valence-electron chi connectivity index (χ2n) is 4.58. The summed E-state index contributed by atoms with van der Waals surface area (Å²) in [5, 5.41) is 5.90. The molecule has 1 aliphatic rings. The van der Waals surface area contributed by atoms with Crippen LogP contribution in [0.2, 0.25) is 0 Å². The van der Waals surface area contributed by atoms with Gasteiger partial charge < -0.3 is 5.32 Å². The fraction of sp³-hybridized carbons (Fsp3) is 0.692. The Labute approximate surface area is 96.9 Å². The van der Waals surface area contributed by atoms with Gasteiger partial charge in [0.2, 0.25) is 0 Å². The van der Waals surface area contributed by atoms with Crippen LogP contribution >= 0.6 is 11.3 Å². The summed E-state index contributed by atoms with van der Waals surface area (Å²) in [4.78, 5) is 1.55. The Morgan fingerprint density at radius 2 is 2.33 bits per heavy atom. The van der Waals surface area contributed by atoms with Crippen molar-refractivity contribution in [2.75, 3.05) is 6.54 Å². The van der Waals surface area contributed by atoms with Crippen molar-refractivity contribution in [1.82, 2.24) is 5.32 Å². The quantitative estimate of drug-likeness (QED) is 0.779. The SMILES string of the molecule is CCC(NCCc1sccc1C)C1CC1. The Morgan fingerprint density at radius 1 is 1.53 bits per heavy atom. The molecule has 1 unspecified atom stereocenters. The van der Waals surface area contributed by atoms with Gasteiger partial charge in [-0.3, -0.25) is 0 Å². The molecule has 84 valence electrons. The van der Waals surface area contributed by atoms with E-state index in [1.54, 1.807) is 4.88 Å². The minimum atomic E-state index is 0.783. The molecule has 1 heterocycles. The zero-order chi connectivity index (χ0) is 10.7. The van der Waals surface area contributed by atoms with E-state index in [0.717, 1.165) is 18.5 Å². The molecule has 0 spiro atoms. The van der Waals surface area contributed by atoms with E-state index in [2.05, 4.69) is 30.6 Å². The average molecular weight is 223 g/mol. The third kappa shape index (κ3) is 3.05. The number of hydrogen-bond donors (Lipinski definition) is 1. The predicted molar refractivity (Wildman–Crippen MR) is 67.6 cm³/mol. The van der Waals surface area contributed by atoms with Crippen molar-refractivity contribution >= 4 is 11.3 Å². The number of nitrogens with one attached hydrogen (secondary N) is 1. The van der Waals surface area contributed by atoms with E-state index in [1.165, 1.54) is 31.2 Å². The second kappa shape index (κ2) is 5.13. The van der Waals surface area contributed by atoms with Crippen molar-refractivity contribution < 1.29 is 0 Å². The summed E-state index contributed by atoms with van der Waals surface area (Å²) in [5.74, 6) is 0.986. The molecule has 0 bridgehead atoms. The first-order chi connectivity index (χ1) is 7.31. The predicted octanol–water partition coefficient (Wildman–Crippen LogP) is 3.38. The highest BCUT2D eigenvalue weighted by Crippen LogP contribution is 2.33. The minimum Gasteiger partial charge on any atom is -0.313 e. The Morgan fingerprint density at radius 3 is 2.87 bits per heavy atom. The van der Waals surface area contributed by atoms with Gasteiger partial charge in [-0.2, -0.15) is 0 Å². The first kappa shape index (κ1) is 11.2. The van der Waals surface area contributed by atoms with Crippen LogP contribution in [0, 0.1) is 12.8 Å². The second-order valence-corrected chi connectivity index (χ2v) is 5.58. The summed E-state index contributed by atoms with van der Waals surface area (Å²) in [6.07, 6.45) is 5.38. The molecule has 0 aromatic carbocycles. The fourth-order valence-electron chi connectivity index (χ4n) is 2.17. The molecule has 1 fully saturated rings. The minimum absolute atomic E-state index is 0.783. The van der Waals surface area contributed by atoms with Crippen molar-refractivity contribution in [2.24, 2.45) is 5.92 Å². The van der Waals surface area contributed by atoms with Gasteiger partial charge in [-0.25, -0.2) is 0 Å². The summed E-state index contributed by atoms with van der Waals surface area (Å²) in [6, 6.07) is 3.00. The van der Waals surface area contributed by atoms with Gasteiger partial charge >= 0.3 is 0 Å². The van der Waals surface area contributed by atoms with Crippen LogP contribution in [0.25, 0.3) is 0 Å². The van der Waals surface area contributed by atoms with Gasteiger partial charge in [-0.05, 0) is 55.5 Å². The molecule has 2 rings (SSSR count). The van der Waals surface area contributed by atoms with Gasteiger partial charge in [0.25, 0.3) is 0 Å². The summed E-state index contributed by atoms with van der Waals surface area (Å²) in [6.45, 7) is 5.66. The van der Waals surface area contributed by atoms with Gasteiger partial charge in [0.1, 0.15) is 0 Å². The van der Waals surface area contributed by atoms with E-state index in [9.17, 15) is 0 Å². The van der Waals surface area contributed by atoms with Crippen LogP contribution in [0.4, 0.5) is 0 Å². The van der Waals surface area contributed by atoms with Gasteiger partial charge in [0.15, 0.2) is 0 Å². The highest BCUT2D eigenvalue weighted by molar-refractivity contribution is 7.10. The van der Waals surface area contributed by atoms with E-state index >= 15 is 0 Å².